The van der Waals surface area contributed by atoms with Crippen LogP contribution in [-0.4, -0.2) is 35.7 Å². The average molecular weight is 370 g/mol. The lowest BCUT2D eigenvalue weighted by Crippen LogP contribution is -2.35. The van der Waals surface area contributed by atoms with Gasteiger partial charge in [0, 0.05) is 32.0 Å². The monoisotopic (exact) mass is 370 g/mol. The largest absolute Gasteiger partial charge is 0.378 e. The fourth-order valence-corrected chi connectivity index (χ4v) is 3.40. The van der Waals surface area contributed by atoms with Crippen molar-refractivity contribution in [2.75, 3.05) is 30.4 Å². The number of nitrogens with zero attached hydrogens (tertiary/aromatic N) is 3. The number of anilines is 2. The van der Waals surface area contributed by atoms with E-state index >= 15 is 0 Å². The summed E-state index contributed by atoms with van der Waals surface area (Å²) in [6.45, 7) is 5.77. The zero-order chi connectivity index (χ0) is 19.4. The Bertz CT molecular complexity index is 865. The van der Waals surface area contributed by atoms with Crippen LogP contribution >= 0.6 is 0 Å². The van der Waals surface area contributed by atoms with Gasteiger partial charge in [-0.05, 0) is 37.8 Å². The second kappa shape index (κ2) is 8.35. The maximum absolute atomic E-state index is 12.7. The first-order valence-electron chi connectivity index (χ1n) is 9.20. The van der Waals surface area contributed by atoms with Crippen LogP contribution in [0.5, 0.6) is 0 Å². The normalized spacial score (nSPS) is 13.8. The number of ether oxygens (including phenoxy) is 1. The van der Waals surface area contributed by atoms with Crippen LogP contribution in [0.4, 0.5) is 11.6 Å². The highest BCUT2D eigenvalue weighted by molar-refractivity contribution is 5.92. The highest BCUT2D eigenvalue weighted by atomic mass is 16.5. The zero-order valence-corrected chi connectivity index (χ0v) is 16.1. The maximum atomic E-state index is 12.7. The van der Waals surface area contributed by atoms with Crippen LogP contribution in [0.25, 0.3) is 0 Å². The van der Waals surface area contributed by atoms with Gasteiger partial charge >= 0.3 is 0 Å². The number of nitrogens with one attached hydrogen (secondary N) is 1. The Labute approximate surface area is 159 Å². The van der Waals surface area contributed by atoms with Crippen molar-refractivity contribution in [3.05, 3.63) is 51.4 Å². The van der Waals surface area contributed by atoms with Crippen molar-refractivity contribution in [2.45, 2.75) is 39.8 Å². The predicted octanol–water partition coefficient (Wildman–Crippen LogP) is 2.25. The molecule has 0 unspecified atom stereocenters. The summed E-state index contributed by atoms with van der Waals surface area (Å²) < 4.78 is 6.57. The lowest BCUT2D eigenvalue weighted by atomic mass is 10.1. The van der Waals surface area contributed by atoms with Crippen LogP contribution in [0.1, 0.15) is 29.7 Å². The highest BCUT2D eigenvalue weighted by Gasteiger charge is 2.21. The minimum atomic E-state index is -0.240. The Morgan fingerprint density at radius 2 is 1.89 bits per heavy atom. The minimum absolute atomic E-state index is 0.0707. The second-order valence-corrected chi connectivity index (χ2v) is 6.91. The number of hydrogen-bond donors (Lipinski definition) is 1. The summed E-state index contributed by atoms with van der Waals surface area (Å²) in [4.78, 5) is 32.0. The maximum Gasteiger partial charge on any atom is 0.255 e. The number of methoxy groups -OCH3 is 1. The molecule has 1 N–H and O–H groups in total. The van der Waals surface area contributed by atoms with Crippen molar-refractivity contribution in [1.29, 1.82) is 0 Å². The van der Waals surface area contributed by atoms with Gasteiger partial charge in [0.2, 0.25) is 11.9 Å². The van der Waals surface area contributed by atoms with Crippen molar-refractivity contribution in [2.24, 2.45) is 0 Å². The summed E-state index contributed by atoms with van der Waals surface area (Å²) in [6.07, 6.45) is 2.11. The minimum Gasteiger partial charge on any atom is -0.378 e. The molecule has 1 amide bonds. The van der Waals surface area contributed by atoms with E-state index in [9.17, 15) is 9.59 Å². The Hall–Kier alpha value is -2.67. The third-order valence-corrected chi connectivity index (χ3v) is 4.77. The van der Waals surface area contributed by atoms with Crippen molar-refractivity contribution in [1.82, 2.24) is 9.55 Å². The molecule has 7 nitrogen and oxygen atoms in total. The molecule has 1 aromatic heterocycles. The van der Waals surface area contributed by atoms with E-state index in [-0.39, 0.29) is 24.6 Å². The molecule has 144 valence electrons. The Balaban J connectivity index is 1.88. The number of benzene rings is 1. The van der Waals surface area contributed by atoms with Gasteiger partial charge in [-0.1, -0.05) is 18.2 Å². The summed E-state index contributed by atoms with van der Waals surface area (Å²) in [5.74, 6) is 0.306. The quantitative estimate of drug-likeness (QED) is 0.844. The third kappa shape index (κ3) is 4.36. The molecule has 27 heavy (non-hydrogen) atoms. The summed E-state index contributed by atoms with van der Waals surface area (Å²) in [7, 11) is 1.57. The Kier molecular flexibility index (Phi) is 5.91. The van der Waals surface area contributed by atoms with E-state index in [1.54, 1.807) is 7.11 Å². The van der Waals surface area contributed by atoms with E-state index in [0.29, 0.717) is 11.6 Å². The van der Waals surface area contributed by atoms with Crippen LogP contribution in [0.15, 0.2) is 29.1 Å². The molecular formula is C20H26N4O3. The molecule has 0 spiro atoms. The van der Waals surface area contributed by atoms with E-state index in [0.717, 1.165) is 42.7 Å². The van der Waals surface area contributed by atoms with Gasteiger partial charge < -0.3 is 15.0 Å². The first-order chi connectivity index (χ1) is 13.0. The predicted molar refractivity (Wildman–Crippen MR) is 105 cm³/mol. The molecule has 1 aromatic carbocycles. The van der Waals surface area contributed by atoms with E-state index in [1.165, 1.54) is 10.6 Å². The molecule has 0 atom stereocenters. The second-order valence-electron chi connectivity index (χ2n) is 6.91. The van der Waals surface area contributed by atoms with Crippen LogP contribution in [0, 0.1) is 13.8 Å². The molecule has 0 saturated carbocycles. The first-order valence-corrected chi connectivity index (χ1v) is 9.20. The van der Waals surface area contributed by atoms with E-state index < -0.39 is 0 Å². The van der Waals surface area contributed by atoms with E-state index in [4.69, 9.17) is 4.74 Å². The molecule has 1 aliphatic rings. The van der Waals surface area contributed by atoms with Gasteiger partial charge in [-0.2, -0.15) is 0 Å². The fourth-order valence-electron chi connectivity index (χ4n) is 3.40. The van der Waals surface area contributed by atoms with Crippen LogP contribution in [0.2, 0.25) is 0 Å². The van der Waals surface area contributed by atoms with E-state index in [1.807, 2.05) is 32.0 Å². The summed E-state index contributed by atoms with van der Waals surface area (Å²) in [6, 6.07) is 7.29. The summed E-state index contributed by atoms with van der Waals surface area (Å²) >= 11 is 0. The molecule has 1 aliphatic heterocycles. The number of rotatable bonds is 6. The Morgan fingerprint density at radius 3 is 2.52 bits per heavy atom. The molecule has 2 heterocycles. The number of para-hydroxylation sites is 1. The fraction of sp³-hybridized carbons (Fsp3) is 0.450. The molecule has 0 aliphatic carbocycles. The van der Waals surface area contributed by atoms with Gasteiger partial charge in [0.05, 0.1) is 12.3 Å². The molecule has 1 saturated heterocycles. The summed E-state index contributed by atoms with van der Waals surface area (Å²) in [5.41, 5.74) is 3.11. The van der Waals surface area contributed by atoms with Gasteiger partial charge in [0.1, 0.15) is 6.54 Å². The van der Waals surface area contributed by atoms with Crippen LogP contribution < -0.4 is 15.8 Å². The standard InChI is InChI=1S/C20H26N4O3/c1-14-7-6-8-15(2)19(14)22-17(25)12-24-18(26)11-16(13-27-3)21-20(24)23-9-4-5-10-23/h6-8,11H,4-5,9-10,12-13H2,1-3H3,(H,22,25). The highest BCUT2D eigenvalue weighted by Crippen LogP contribution is 2.20. The van der Waals surface area contributed by atoms with Gasteiger partial charge in [-0.15, -0.1) is 0 Å². The topological polar surface area (TPSA) is 76.5 Å². The van der Waals surface area contributed by atoms with Crippen molar-refractivity contribution >= 4 is 17.5 Å². The molecule has 7 heteroatoms. The first kappa shape index (κ1) is 19.1. The third-order valence-electron chi connectivity index (χ3n) is 4.77. The van der Waals surface area contributed by atoms with Crippen LogP contribution in [-0.2, 0) is 22.7 Å². The zero-order valence-electron chi connectivity index (χ0n) is 16.1. The Morgan fingerprint density at radius 1 is 1.22 bits per heavy atom. The molecule has 2 aromatic rings. The summed E-state index contributed by atoms with van der Waals surface area (Å²) in [5, 5.41) is 2.94. The van der Waals surface area contributed by atoms with Gasteiger partial charge in [0.25, 0.3) is 5.56 Å². The molecule has 0 radical (unpaired) electrons. The van der Waals surface area contributed by atoms with Gasteiger partial charge in [-0.3, -0.25) is 14.2 Å². The van der Waals surface area contributed by atoms with Gasteiger partial charge in [-0.25, -0.2) is 4.98 Å². The lowest BCUT2D eigenvalue weighted by Gasteiger charge is -2.22. The average Bonchev–Trinajstić information content (AvgIpc) is 3.15. The van der Waals surface area contributed by atoms with Gasteiger partial charge in [0.15, 0.2) is 0 Å². The lowest BCUT2D eigenvalue weighted by molar-refractivity contribution is -0.116. The number of aromatic nitrogens is 2. The van der Waals surface area contributed by atoms with Crippen molar-refractivity contribution in [3.8, 4) is 0 Å². The molecule has 0 bridgehead atoms. The number of carbonyl (C=O) groups excluding carboxylic acids is 1. The number of amides is 1. The number of hydrogen-bond acceptors (Lipinski definition) is 5. The van der Waals surface area contributed by atoms with Crippen molar-refractivity contribution < 1.29 is 9.53 Å². The number of aryl methyl sites for hydroxylation is 2. The van der Waals surface area contributed by atoms with Crippen molar-refractivity contribution in [3.63, 3.8) is 0 Å². The SMILES string of the molecule is COCc1cc(=O)n(CC(=O)Nc2c(C)cccc2C)c(N2CCCC2)n1. The molecule has 1 fully saturated rings. The number of carbonyl (C=O) groups is 1. The molecule has 3 rings (SSSR count). The smallest absolute Gasteiger partial charge is 0.255 e. The van der Waals surface area contributed by atoms with Crippen LogP contribution in [0.3, 0.4) is 0 Å². The van der Waals surface area contributed by atoms with E-state index in [2.05, 4.69) is 15.2 Å². The molecular weight excluding hydrogens is 344 g/mol.